The molecule has 154 valence electrons. The van der Waals surface area contributed by atoms with E-state index in [0.29, 0.717) is 0 Å². The average molecular weight is 396 g/mol. The van der Waals surface area contributed by atoms with Gasteiger partial charge in [-0.1, -0.05) is 12.1 Å². The second-order valence-corrected chi connectivity index (χ2v) is 6.61. The largest absolute Gasteiger partial charge is 0.493 e. The molecule has 6 nitrogen and oxygen atoms in total. The quantitative estimate of drug-likeness (QED) is 0.564. The highest BCUT2D eigenvalue weighted by Crippen LogP contribution is 2.28. The first-order valence-electron chi connectivity index (χ1n) is 9.45. The van der Waals surface area contributed by atoms with Crippen LogP contribution in [0.5, 0.6) is 23.0 Å². The summed E-state index contributed by atoms with van der Waals surface area (Å²) < 4.78 is 23.6. The Morgan fingerprint density at radius 2 is 1.28 bits per heavy atom. The zero-order valence-corrected chi connectivity index (χ0v) is 17.4. The Morgan fingerprint density at radius 1 is 0.690 bits per heavy atom. The second-order valence-electron chi connectivity index (χ2n) is 6.61. The lowest BCUT2D eigenvalue weighted by Gasteiger charge is -2.13. The maximum Gasteiger partial charge on any atom is 0.161 e. The van der Waals surface area contributed by atoms with Crippen LogP contribution in [0.2, 0.25) is 0 Å². The van der Waals surface area contributed by atoms with Gasteiger partial charge in [-0.05, 0) is 47.5 Å². The lowest BCUT2D eigenvalue weighted by atomic mass is 10.2. The van der Waals surface area contributed by atoms with Crippen LogP contribution in [-0.2, 0) is 19.6 Å². The van der Waals surface area contributed by atoms with Crippen LogP contribution in [0.15, 0.2) is 54.7 Å². The van der Waals surface area contributed by atoms with Gasteiger partial charge in [0.05, 0.1) is 28.4 Å². The van der Waals surface area contributed by atoms with E-state index in [1.807, 2.05) is 30.3 Å². The third-order valence-electron chi connectivity index (χ3n) is 4.81. The molecule has 0 aliphatic rings. The van der Waals surface area contributed by atoms with Crippen LogP contribution in [0.4, 0.5) is 0 Å². The summed E-state index contributed by atoms with van der Waals surface area (Å²) in [5.41, 5.74) is 3.50. The average Bonchev–Trinajstić information content (AvgIpc) is 3.20. The number of nitrogens with zero attached hydrogens (tertiary/aromatic N) is 1. The number of hydrogen-bond donors (Lipinski definition) is 1. The molecule has 0 saturated carbocycles. The molecule has 0 radical (unpaired) electrons. The molecule has 0 amide bonds. The van der Waals surface area contributed by atoms with E-state index >= 15 is 0 Å². The van der Waals surface area contributed by atoms with Crippen LogP contribution in [0, 0.1) is 0 Å². The molecule has 1 heterocycles. The zero-order chi connectivity index (χ0) is 20.6. The van der Waals surface area contributed by atoms with Crippen molar-refractivity contribution in [3.63, 3.8) is 0 Å². The minimum atomic E-state index is 0.736. The maximum absolute atomic E-state index is 5.41. The van der Waals surface area contributed by atoms with Gasteiger partial charge in [0.25, 0.3) is 0 Å². The van der Waals surface area contributed by atoms with Crippen molar-refractivity contribution in [1.29, 1.82) is 0 Å². The molecule has 0 saturated heterocycles. The predicted octanol–water partition coefficient (Wildman–Crippen LogP) is 3.86. The van der Waals surface area contributed by atoms with E-state index in [2.05, 4.69) is 34.3 Å². The fourth-order valence-electron chi connectivity index (χ4n) is 3.27. The van der Waals surface area contributed by atoms with Crippen LogP contribution >= 0.6 is 0 Å². The molecule has 1 N–H and O–H groups in total. The number of ether oxygens (including phenoxy) is 4. The van der Waals surface area contributed by atoms with Crippen molar-refractivity contribution in [3.05, 3.63) is 71.5 Å². The first kappa shape index (κ1) is 20.6. The second kappa shape index (κ2) is 9.89. The monoisotopic (exact) mass is 396 g/mol. The highest BCUT2D eigenvalue weighted by Gasteiger charge is 2.08. The van der Waals surface area contributed by atoms with Gasteiger partial charge in [0.15, 0.2) is 23.0 Å². The Bertz CT molecular complexity index is 936. The molecular formula is C23H28N2O4. The summed E-state index contributed by atoms with van der Waals surface area (Å²) in [4.78, 5) is 0. The van der Waals surface area contributed by atoms with Gasteiger partial charge in [-0.25, -0.2) is 0 Å². The molecule has 2 aromatic carbocycles. The summed E-state index contributed by atoms with van der Waals surface area (Å²) >= 11 is 0. The van der Waals surface area contributed by atoms with Crippen molar-refractivity contribution >= 4 is 0 Å². The molecule has 0 unspecified atom stereocenters. The lowest BCUT2D eigenvalue weighted by Crippen LogP contribution is -2.16. The van der Waals surface area contributed by atoms with Crippen molar-refractivity contribution in [2.75, 3.05) is 28.4 Å². The summed E-state index contributed by atoms with van der Waals surface area (Å²) in [6.07, 6.45) is 2.09. The molecule has 0 spiro atoms. The van der Waals surface area contributed by atoms with E-state index in [-0.39, 0.29) is 0 Å². The van der Waals surface area contributed by atoms with Crippen molar-refractivity contribution in [1.82, 2.24) is 9.88 Å². The summed E-state index contributed by atoms with van der Waals surface area (Å²) in [7, 11) is 6.59. The fraction of sp³-hybridized carbons (Fsp3) is 0.304. The molecule has 0 aliphatic carbocycles. The molecule has 29 heavy (non-hydrogen) atoms. The number of hydrogen-bond acceptors (Lipinski definition) is 5. The fourth-order valence-corrected chi connectivity index (χ4v) is 3.27. The summed E-state index contributed by atoms with van der Waals surface area (Å²) in [5, 5.41) is 3.50. The smallest absolute Gasteiger partial charge is 0.161 e. The van der Waals surface area contributed by atoms with E-state index in [1.54, 1.807) is 28.4 Å². The van der Waals surface area contributed by atoms with Gasteiger partial charge in [0, 0.05) is 31.5 Å². The van der Waals surface area contributed by atoms with E-state index in [9.17, 15) is 0 Å². The van der Waals surface area contributed by atoms with Crippen molar-refractivity contribution in [2.24, 2.45) is 0 Å². The molecular weight excluding hydrogens is 368 g/mol. The standard InChI is InChI=1S/C23H28N2O4/c1-26-20-9-7-17(12-22(20)28-3)14-24-15-19-6-5-11-25(19)16-18-8-10-21(27-2)23(13-18)29-4/h5-13,24H,14-16H2,1-4H3. The van der Waals surface area contributed by atoms with Crippen molar-refractivity contribution in [3.8, 4) is 23.0 Å². The first-order chi connectivity index (χ1) is 14.2. The summed E-state index contributed by atoms with van der Waals surface area (Å²) in [5.74, 6) is 2.95. The van der Waals surface area contributed by atoms with Gasteiger partial charge in [0.2, 0.25) is 0 Å². The molecule has 0 atom stereocenters. The minimum Gasteiger partial charge on any atom is -0.493 e. The normalized spacial score (nSPS) is 10.6. The van der Waals surface area contributed by atoms with Crippen molar-refractivity contribution in [2.45, 2.75) is 19.6 Å². The predicted molar refractivity (Wildman–Crippen MR) is 113 cm³/mol. The Hall–Kier alpha value is -3.12. The Kier molecular flexibility index (Phi) is 7.03. The highest BCUT2D eigenvalue weighted by molar-refractivity contribution is 5.43. The number of aromatic nitrogens is 1. The maximum atomic E-state index is 5.41. The lowest BCUT2D eigenvalue weighted by molar-refractivity contribution is 0.354. The van der Waals surface area contributed by atoms with E-state index in [0.717, 1.165) is 53.8 Å². The molecule has 3 aromatic rings. The van der Waals surface area contributed by atoms with Gasteiger partial charge in [0.1, 0.15) is 0 Å². The third-order valence-corrected chi connectivity index (χ3v) is 4.81. The van der Waals surface area contributed by atoms with Crippen LogP contribution in [-0.4, -0.2) is 33.0 Å². The summed E-state index contributed by atoms with van der Waals surface area (Å²) in [6, 6.07) is 16.2. The number of methoxy groups -OCH3 is 4. The van der Waals surface area contributed by atoms with Gasteiger partial charge in [-0.2, -0.15) is 0 Å². The molecule has 0 aliphatic heterocycles. The number of rotatable bonds is 10. The Balaban J connectivity index is 1.62. The Labute approximate surface area is 172 Å². The van der Waals surface area contributed by atoms with Crippen LogP contribution < -0.4 is 24.3 Å². The van der Waals surface area contributed by atoms with Gasteiger partial charge in [-0.15, -0.1) is 0 Å². The van der Waals surface area contributed by atoms with Gasteiger partial charge in [-0.3, -0.25) is 0 Å². The number of benzene rings is 2. The topological polar surface area (TPSA) is 53.9 Å². The van der Waals surface area contributed by atoms with Gasteiger partial charge >= 0.3 is 0 Å². The molecule has 0 bridgehead atoms. The van der Waals surface area contributed by atoms with Crippen LogP contribution in [0.25, 0.3) is 0 Å². The number of nitrogens with one attached hydrogen (secondary N) is 1. The Morgan fingerprint density at radius 3 is 1.90 bits per heavy atom. The molecule has 3 rings (SSSR count). The minimum absolute atomic E-state index is 0.736. The first-order valence-corrected chi connectivity index (χ1v) is 9.45. The van der Waals surface area contributed by atoms with E-state index in [1.165, 1.54) is 5.69 Å². The highest BCUT2D eigenvalue weighted by atomic mass is 16.5. The van der Waals surface area contributed by atoms with E-state index < -0.39 is 0 Å². The SMILES string of the molecule is COc1ccc(CNCc2cccn2Cc2ccc(OC)c(OC)c2)cc1OC. The molecule has 0 fully saturated rings. The zero-order valence-electron chi connectivity index (χ0n) is 17.4. The van der Waals surface area contributed by atoms with Gasteiger partial charge < -0.3 is 28.8 Å². The third kappa shape index (κ3) is 5.03. The molecule has 1 aromatic heterocycles. The summed E-state index contributed by atoms with van der Waals surface area (Å²) in [6.45, 7) is 2.26. The molecule has 6 heteroatoms. The van der Waals surface area contributed by atoms with E-state index in [4.69, 9.17) is 18.9 Å². The van der Waals surface area contributed by atoms with Crippen molar-refractivity contribution < 1.29 is 18.9 Å². The van der Waals surface area contributed by atoms with Crippen LogP contribution in [0.1, 0.15) is 16.8 Å². The van der Waals surface area contributed by atoms with Crippen LogP contribution in [0.3, 0.4) is 0 Å².